The van der Waals surface area contributed by atoms with E-state index in [9.17, 15) is 4.79 Å². The van der Waals surface area contributed by atoms with Crippen molar-refractivity contribution >= 4 is 22.4 Å². The number of hydrogen-bond donors (Lipinski definition) is 1. The van der Waals surface area contributed by atoms with Gasteiger partial charge in [-0.2, -0.15) is 5.26 Å². The van der Waals surface area contributed by atoms with Gasteiger partial charge in [-0.15, -0.1) is 0 Å². The highest BCUT2D eigenvalue weighted by Gasteiger charge is 2.28. The van der Waals surface area contributed by atoms with Gasteiger partial charge in [-0.25, -0.2) is 4.98 Å². The molecule has 0 spiro atoms. The number of likely N-dealkylation sites (tertiary alicyclic amines) is 1. The van der Waals surface area contributed by atoms with Crippen LogP contribution in [-0.4, -0.2) is 59.6 Å². The van der Waals surface area contributed by atoms with Gasteiger partial charge in [0.25, 0.3) is 5.91 Å². The minimum Gasteiger partial charge on any atom is -0.497 e. The van der Waals surface area contributed by atoms with E-state index in [1.165, 1.54) is 27.6 Å². The fourth-order valence-corrected chi connectivity index (χ4v) is 6.33. The first-order chi connectivity index (χ1) is 21.3. The summed E-state index contributed by atoms with van der Waals surface area (Å²) >= 11 is 0. The maximum absolute atomic E-state index is 12.9. The van der Waals surface area contributed by atoms with E-state index >= 15 is 0 Å². The van der Waals surface area contributed by atoms with Crippen molar-refractivity contribution in [3.63, 3.8) is 0 Å². The van der Waals surface area contributed by atoms with Crippen LogP contribution in [0.25, 0.3) is 10.8 Å². The Balaban J connectivity index is 1.23. The van der Waals surface area contributed by atoms with Crippen LogP contribution >= 0.6 is 0 Å². The Labute approximate surface area is 260 Å². The summed E-state index contributed by atoms with van der Waals surface area (Å²) in [5.74, 6) is 0.740. The number of aromatic nitrogens is 2. The molecule has 0 bridgehead atoms. The fourth-order valence-electron chi connectivity index (χ4n) is 6.33. The van der Waals surface area contributed by atoms with Gasteiger partial charge >= 0.3 is 0 Å². The first kappa shape index (κ1) is 31.0. The van der Waals surface area contributed by atoms with Crippen molar-refractivity contribution in [2.45, 2.75) is 65.6 Å². The number of aryl methyl sites for hydroxylation is 3. The smallest absolute Gasteiger partial charge is 0.253 e. The number of benzene rings is 2. The molecule has 44 heavy (non-hydrogen) atoms. The van der Waals surface area contributed by atoms with Gasteiger partial charge in [-0.1, -0.05) is 12.1 Å². The van der Waals surface area contributed by atoms with Gasteiger partial charge in [0, 0.05) is 56.3 Å². The van der Waals surface area contributed by atoms with Gasteiger partial charge in [0.1, 0.15) is 17.5 Å². The first-order valence-corrected chi connectivity index (χ1v) is 15.4. The van der Waals surface area contributed by atoms with E-state index < -0.39 is 0 Å². The average Bonchev–Trinajstić information content (AvgIpc) is 3.03. The summed E-state index contributed by atoms with van der Waals surface area (Å²) in [4.78, 5) is 26.7. The minimum absolute atomic E-state index is 0.127. The topological polar surface area (TPSA) is 94.4 Å². The number of anilines is 1. The Kier molecular flexibility index (Phi) is 9.76. The van der Waals surface area contributed by atoms with Crippen molar-refractivity contribution in [3.05, 3.63) is 94.6 Å². The third-order valence-corrected chi connectivity index (χ3v) is 9.00. The van der Waals surface area contributed by atoms with Crippen LogP contribution in [0.5, 0.6) is 5.75 Å². The Morgan fingerprint density at radius 2 is 1.84 bits per heavy atom. The van der Waals surface area contributed by atoms with E-state index in [2.05, 4.69) is 81.4 Å². The molecule has 8 heteroatoms. The number of amides is 1. The molecule has 228 valence electrons. The van der Waals surface area contributed by atoms with Crippen molar-refractivity contribution < 1.29 is 9.53 Å². The molecule has 1 aliphatic heterocycles. The maximum Gasteiger partial charge on any atom is 0.253 e. The van der Waals surface area contributed by atoms with Crippen LogP contribution < -0.4 is 15.0 Å². The van der Waals surface area contributed by atoms with Crippen molar-refractivity contribution in [1.82, 2.24) is 20.2 Å². The summed E-state index contributed by atoms with van der Waals surface area (Å²) in [6.45, 7) is 11.5. The number of carbonyl (C=O) groups is 1. The monoisotopic (exact) mass is 590 g/mol. The molecule has 0 saturated carbocycles. The van der Waals surface area contributed by atoms with E-state index in [4.69, 9.17) is 10.00 Å². The number of pyridine rings is 2. The van der Waals surface area contributed by atoms with Gasteiger partial charge in [0.2, 0.25) is 0 Å². The zero-order chi connectivity index (χ0) is 31.2. The lowest BCUT2D eigenvalue weighted by atomic mass is 9.98. The molecule has 5 rings (SSSR count). The standard InChI is InChI=1S/C36H42N6O2/c1-24-10-14-38-22-30(24)23-42(33-8-6-29-20-34(44-5)9-7-28(29)19-33)32-12-16-41(17-13-32)26(3)11-15-39-36(43)35-25(2)18-31(21-37)40-27(35)4/h6-10,14,18-20,22,26,32H,11-13,15-17,23H2,1-5H3,(H,39,43). The molecule has 1 N–H and O–H groups in total. The van der Waals surface area contributed by atoms with Crippen LogP contribution in [0.4, 0.5) is 5.69 Å². The van der Waals surface area contributed by atoms with Crippen LogP contribution in [0.15, 0.2) is 60.9 Å². The number of carbonyl (C=O) groups excluding carboxylic acids is 1. The minimum atomic E-state index is -0.127. The molecule has 1 aliphatic rings. The van der Waals surface area contributed by atoms with Gasteiger partial charge in [0.15, 0.2) is 0 Å². The van der Waals surface area contributed by atoms with Crippen molar-refractivity contribution in [3.8, 4) is 11.8 Å². The molecule has 2 aromatic carbocycles. The summed E-state index contributed by atoms with van der Waals surface area (Å²) in [5.41, 5.74) is 5.99. The maximum atomic E-state index is 12.9. The fraction of sp³-hybridized carbons (Fsp3) is 0.389. The van der Waals surface area contributed by atoms with Crippen LogP contribution in [-0.2, 0) is 6.54 Å². The quantitative estimate of drug-likeness (QED) is 0.238. The van der Waals surface area contributed by atoms with E-state index in [1.807, 2.05) is 25.4 Å². The molecule has 1 saturated heterocycles. The number of nitrogens with one attached hydrogen (secondary N) is 1. The van der Waals surface area contributed by atoms with Crippen molar-refractivity contribution in [1.29, 1.82) is 5.26 Å². The second-order valence-corrected chi connectivity index (χ2v) is 11.9. The molecule has 0 aliphatic carbocycles. The lowest BCUT2D eigenvalue weighted by Gasteiger charge is -2.42. The van der Waals surface area contributed by atoms with Crippen LogP contribution in [0.1, 0.15) is 64.6 Å². The normalized spacial score (nSPS) is 14.6. The number of ether oxygens (including phenoxy) is 1. The SMILES string of the molecule is COc1ccc2cc(N(Cc3cnccc3C)C3CCN(C(C)CCNC(=O)c4c(C)cc(C#N)nc4C)CC3)ccc2c1. The molecule has 1 amide bonds. The predicted octanol–water partition coefficient (Wildman–Crippen LogP) is 6.11. The third-order valence-electron chi connectivity index (χ3n) is 9.00. The average molecular weight is 591 g/mol. The Hall–Kier alpha value is -4.48. The molecular formula is C36H42N6O2. The zero-order valence-corrected chi connectivity index (χ0v) is 26.4. The molecule has 1 atom stereocenters. The molecule has 4 aromatic rings. The molecule has 2 aromatic heterocycles. The van der Waals surface area contributed by atoms with Gasteiger partial charge in [0.05, 0.1) is 18.4 Å². The summed E-state index contributed by atoms with van der Waals surface area (Å²) in [7, 11) is 1.70. The second-order valence-electron chi connectivity index (χ2n) is 11.9. The van der Waals surface area contributed by atoms with Gasteiger partial charge in [-0.3, -0.25) is 9.78 Å². The largest absolute Gasteiger partial charge is 0.497 e. The van der Waals surface area contributed by atoms with E-state index in [0.717, 1.165) is 50.2 Å². The number of hydrogen-bond acceptors (Lipinski definition) is 7. The number of piperidine rings is 1. The first-order valence-electron chi connectivity index (χ1n) is 15.4. The van der Waals surface area contributed by atoms with Crippen LogP contribution in [0.2, 0.25) is 0 Å². The van der Waals surface area contributed by atoms with E-state index in [1.54, 1.807) is 20.1 Å². The molecule has 1 unspecified atom stereocenters. The van der Waals surface area contributed by atoms with E-state index in [-0.39, 0.29) is 5.91 Å². The van der Waals surface area contributed by atoms with Crippen molar-refractivity contribution in [2.24, 2.45) is 0 Å². The van der Waals surface area contributed by atoms with Crippen LogP contribution in [0, 0.1) is 32.1 Å². The summed E-state index contributed by atoms with van der Waals surface area (Å²) in [5, 5.41) is 14.6. The zero-order valence-electron chi connectivity index (χ0n) is 26.4. The number of rotatable bonds is 10. The number of nitriles is 1. The molecule has 1 fully saturated rings. The van der Waals surface area contributed by atoms with Gasteiger partial charge in [-0.05, 0) is 111 Å². The Bertz CT molecular complexity index is 1650. The highest BCUT2D eigenvalue weighted by molar-refractivity contribution is 5.96. The highest BCUT2D eigenvalue weighted by Crippen LogP contribution is 2.31. The number of nitrogens with zero attached hydrogens (tertiary/aromatic N) is 5. The lowest BCUT2D eigenvalue weighted by Crippen LogP contribution is -2.48. The molecular weight excluding hydrogens is 548 g/mol. The molecule has 0 radical (unpaired) electrons. The summed E-state index contributed by atoms with van der Waals surface area (Å²) in [6.07, 6.45) is 6.85. The second kappa shape index (κ2) is 13.9. The molecule has 3 heterocycles. The van der Waals surface area contributed by atoms with Crippen molar-refractivity contribution in [2.75, 3.05) is 31.6 Å². The highest BCUT2D eigenvalue weighted by atomic mass is 16.5. The predicted molar refractivity (Wildman–Crippen MR) is 175 cm³/mol. The van der Waals surface area contributed by atoms with Crippen LogP contribution in [0.3, 0.4) is 0 Å². The lowest BCUT2D eigenvalue weighted by molar-refractivity contribution is 0.0943. The third kappa shape index (κ3) is 7.00. The van der Waals surface area contributed by atoms with Gasteiger partial charge < -0.3 is 19.9 Å². The Morgan fingerprint density at radius 3 is 2.55 bits per heavy atom. The Morgan fingerprint density at radius 1 is 1.09 bits per heavy atom. The van der Waals surface area contributed by atoms with E-state index in [0.29, 0.717) is 35.6 Å². The number of methoxy groups -OCH3 is 1. The summed E-state index contributed by atoms with van der Waals surface area (Å²) < 4.78 is 5.44. The molecule has 8 nitrogen and oxygen atoms in total. The number of fused-ring (bicyclic) bond motifs is 1. The summed E-state index contributed by atoms with van der Waals surface area (Å²) in [6, 6.07) is 19.5.